The van der Waals surface area contributed by atoms with Crippen LogP contribution < -0.4 is 64.2 Å². The van der Waals surface area contributed by atoms with Crippen LogP contribution in [0.5, 0.6) is 46.0 Å². The van der Waals surface area contributed by atoms with Crippen LogP contribution in [0.25, 0.3) is 0 Å². The zero-order valence-corrected chi connectivity index (χ0v) is 33.5. The molecule has 0 spiro atoms. The van der Waals surface area contributed by atoms with Crippen LogP contribution in [-0.4, -0.2) is 79.5 Å². The van der Waals surface area contributed by atoms with Gasteiger partial charge in [0, 0.05) is 24.9 Å². The molecule has 56 heavy (non-hydrogen) atoms. The molecule has 17 nitrogen and oxygen atoms in total. The molecule has 0 saturated carbocycles. The largest absolute Gasteiger partial charge is 2.00 e. The minimum atomic E-state index is -4.94. The molecule has 4 rings (SSSR count). The number of halogens is 1. The first-order valence-electron chi connectivity index (χ1n) is 15.3. The van der Waals surface area contributed by atoms with Gasteiger partial charge >= 0.3 is 33.0 Å². The fourth-order valence-corrected chi connectivity index (χ4v) is 4.06. The van der Waals surface area contributed by atoms with Gasteiger partial charge in [-0.15, -0.1) is 10.2 Å². The van der Waals surface area contributed by atoms with Crippen LogP contribution in [0, 0.1) is 10.2 Å². The van der Waals surface area contributed by atoms with E-state index in [1.165, 1.54) is 53.3 Å². The summed E-state index contributed by atoms with van der Waals surface area (Å²) in [4.78, 5) is 16.7. The minimum Gasteiger partial charge on any atom is -0.870 e. The first-order chi connectivity index (χ1) is 25.3. The van der Waals surface area contributed by atoms with Crippen molar-refractivity contribution in [3.05, 3.63) is 95.1 Å². The van der Waals surface area contributed by atoms with Crippen molar-refractivity contribution in [2.45, 2.75) is 0 Å². The molecule has 4 aromatic rings. The number of para-hydroxylation sites is 4. The molecule has 20 heteroatoms. The van der Waals surface area contributed by atoms with Crippen LogP contribution in [0.15, 0.2) is 92.8 Å². The maximum atomic E-state index is 11.9. The molecule has 4 aromatic carbocycles. The average Bonchev–Trinajstić information content (AvgIpc) is 3.13. The van der Waals surface area contributed by atoms with E-state index in [1.54, 1.807) is 72.8 Å². The predicted molar refractivity (Wildman–Crippen MR) is 186 cm³/mol. The van der Waals surface area contributed by atoms with Gasteiger partial charge in [0.1, 0.15) is 23.0 Å². The maximum Gasteiger partial charge on any atom is 2.00 e. The minimum absolute atomic E-state index is 0. The first-order valence-corrected chi connectivity index (χ1v) is 16.5. The predicted octanol–water partition coefficient (Wildman–Crippen LogP) is -1.61. The second-order valence-corrected chi connectivity index (χ2v) is 10.8. The molecular formula is C36H40ClN5Ni2O12. The summed E-state index contributed by atoms with van der Waals surface area (Å²) in [5.74, 6) is 0.380. The van der Waals surface area contributed by atoms with E-state index in [-0.39, 0.29) is 85.1 Å². The zero-order chi connectivity index (χ0) is 39.2. The second-order valence-electron chi connectivity index (χ2n) is 10.0. The summed E-state index contributed by atoms with van der Waals surface area (Å²) in [7, 11) is 0.870. The molecule has 0 aliphatic carbocycles. The molecule has 0 saturated heterocycles. The summed E-state index contributed by atoms with van der Waals surface area (Å²) in [5.41, 5.74) is 1.86. The van der Waals surface area contributed by atoms with Crippen molar-refractivity contribution < 1.29 is 101 Å². The molecule has 0 radical (unpaired) electrons. The van der Waals surface area contributed by atoms with Gasteiger partial charge in [-0.3, -0.25) is 20.0 Å². The van der Waals surface area contributed by atoms with Crippen LogP contribution in [0.2, 0.25) is 0 Å². The Bertz CT molecular complexity index is 1600. The summed E-state index contributed by atoms with van der Waals surface area (Å²) in [5, 5.41) is 47.6. The molecule has 0 heterocycles. The molecule has 0 unspecified atom stereocenters. The van der Waals surface area contributed by atoms with E-state index in [0.717, 1.165) is 0 Å². The number of aliphatic imine (C=N–C) groups is 4. The third-order valence-corrected chi connectivity index (χ3v) is 6.55. The molecule has 0 amide bonds. The van der Waals surface area contributed by atoms with Crippen molar-refractivity contribution in [2.75, 3.05) is 54.6 Å². The fraction of sp³-hybridized carbons (Fsp3) is 0.222. The van der Waals surface area contributed by atoms with Crippen molar-refractivity contribution in [1.82, 2.24) is 6.15 Å². The van der Waals surface area contributed by atoms with Gasteiger partial charge in [0.2, 0.25) is 0 Å². The number of ether oxygens (including phenoxy) is 4. The van der Waals surface area contributed by atoms with E-state index in [1.807, 2.05) is 0 Å². The number of benzene rings is 4. The summed E-state index contributed by atoms with van der Waals surface area (Å²) in [6.45, 7) is 1.63. The molecule has 0 atom stereocenters. The number of quaternary nitrogens is 1. The zero-order valence-electron chi connectivity index (χ0n) is 30.8. The third kappa shape index (κ3) is 19.1. The summed E-state index contributed by atoms with van der Waals surface area (Å²) < 4.78 is 53.9. The Balaban J connectivity index is 0. The summed E-state index contributed by atoms with van der Waals surface area (Å²) >= 11 is 0. The summed E-state index contributed by atoms with van der Waals surface area (Å²) in [6, 6.07) is 20.1. The van der Waals surface area contributed by atoms with E-state index in [4.69, 9.17) is 37.6 Å². The molecule has 0 aliphatic rings. The van der Waals surface area contributed by atoms with Crippen molar-refractivity contribution in [3.63, 3.8) is 0 Å². The van der Waals surface area contributed by atoms with E-state index in [9.17, 15) is 20.4 Å². The number of hydrogen-bond acceptors (Lipinski definition) is 16. The first kappa shape index (κ1) is 53.1. The monoisotopic (exact) mass is 885 g/mol. The Labute approximate surface area is 346 Å². The van der Waals surface area contributed by atoms with Crippen LogP contribution in [-0.2, 0) is 33.0 Å². The van der Waals surface area contributed by atoms with Gasteiger partial charge in [0.15, 0.2) is 0 Å². The number of methoxy groups -OCH3 is 4. The number of nitrogens with zero attached hydrogens (tertiary/aromatic N) is 4. The Hall–Kier alpha value is -4.96. The molecule has 0 aromatic heterocycles. The third-order valence-electron chi connectivity index (χ3n) is 6.55. The molecule has 308 valence electrons. The van der Waals surface area contributed by atoms with Crippen LogP contribution in [0.1, 0.15) is 22.3 Å². The second kappa shape index (κ2) is 28.4. The quantitative estimate of drug-likeness (QED) is 0.0850. The van der Waals surface area contributed by atoms with E-state index in [2.05, 4.69) is 20.0 Å². The Morgan fingerprint density at radius 3 is 0.768 bits per heavy atom. The van der Waals surface area contributed by atoms with Gasteiger partial charge in [-0.2, -0.15) is 0 Å². The smallest absolute Gasteiger partial charge is 0.870 e. The van der Waals surface area contributed by atoms with Gasteiger partial charge in [0.25, 0.3) is 0 Å². The molecule has 0 aliphatic heterocycles. The molecule has 0 bridgehead atoms. The maximum absolute atomic E-state index is 11.9. The summed E-state index contributed by atoms with van der Waals surface area (Å²) in [6.07, 6.45) is 6.02. The van der Waals surface area contributed by atoms with Crippen molar-refractivity contribution in [2.24, 2.45) is 20.0 Å². The Morgan fingerprint density at radius 1 is 0.429 bits per heavy atom. The van der Waals surface area contributed by atoms with E-state index < -0.39 is 10.2 Å². The standard InChI is InChI=1S/2C18H20N2O4.ClHO4.H3N.2Ni/c2*1-23-15-7-3-5-13(17(15)21)11-19-9-10-20-12-14-6-4-8-16(24-2)18(14)22;2-1(3,4)5;;;/h2*3-8,11-12,21-22H,9-10H2,1-2H3;(H,2,3,4,5);1H3;;/q;;;;2*+2/p-4. The number of hydrogen-bond donors (Lipinski definition) is 1. The normalized spacial score (nSPS) is 10.7. The van der Waals surface area contributed by atoms with Gasteiger partial charge in [-0.1, -0.05) is 71.5 Å². The van der Waals surface area contributed by atoms with Gasteiger partial charge in [-0.05, 0) is 46.5 Å². The van der Waals surface area contributed by atoms with E-state index >= 15 is 0 Å². The van der Waals surface area contributed by atoms with Gasteiger partial charge in [0.05, 0.1) is 54.6 Å². The molecular weight excluding hydrogens is 847 g/mol. The Kier molecular flexibility index (Phi) is 27.0. The number of rotatable bonds is 14. The van der Waals surface area contributed by atoms with Crippen molar-refractivity contribution >= 4 is 24.9 Å². The van der Waals surface area contributed by atoms with Crippen LogP contribution >= 0.6 is 0 Å². The van der Waals surface area contributed by atoms with Crippen molar-refractivity contribution in [3.8, 4) is 46.0 Å². The van der Waals surface area contributed by atoms with Crippen LogP contribution in [0.4, 0.5) is 0 Å². The SMILES string of the molecule is COc1cccc(C=NCCN=Cc2cccc(OC)c2[O-])c1[O-].COc1cccc(C=NCCN=Cc2cccc(OC)c2[O-])c1[O-].[NH4+].[Ni+2].[Ni+2].[O-][Cl+3]([O-])([O-])[O-]. The van der Waals surface area contributed by atoms with Gasteiger partial charge < -0.3 is 45.5 Å². The fourth-order valence-electron chi connectivity index (χ4n) is 4.06. The average molecular weight is 888 g/mol. The van der Waals surface area contributed by atoms with Crippen molar-refractivity contribution in [1.29, 1.82) is 0 Å². The Morgan fingerprint density at radius 2 is 0.607 bits per heavy atom. The molecule has 0 fully saturated rings. The molecule has 4 N–H and O–H groups in total. The topological polar surface area (TPSA) is 307 Å². The van der Waals surface area contributed by atoms with Crippen LogP contribution in [0.3, 0.4) is 0 Å². The van der Waals surface area contributed by atoms with Gasteiger partial charge in [-0.25, -0.2) is 18.6 Å². The van der Waals surface area contributed by atoms with E-state index in [0.29, 0.717) is 48.4 Å².